The van der Waals surface area contributed by atoms with Crippen LogP contribution in [0.2, 0.25) is 0 Å². The van der Waals surface area contributed by atoms with Gasteiger partial charge in [-0.3, -0.25) is 9.69 Å². The number of hydrogen-bond donors (Lipinski definition) is 2. The molecule has 0 aliphatic carbocycles. The molecule has 2 N–H and O–H groups in total. The van der Waals surface area contributed by atoms with Crippen LogP contribution >= 0.6 is 12.4 Å². The lowest BCUT2D eigenvalue weighted by Gasteiger charge is -2.33. The summed E-state index contributed by atoms with van der Waals surface area (Å²) in [5.74, 6) is 0.594. The van der Waals surface area contributed by atoms with Gasteiger partial charge in [0.05, 0.1) is 6.04 Å². The summed E-state index contributed by atoms with van der Waals surface area (Å²) in [6.07, 6.45) is 5.84. The number of nitrogens with zero attached hydrogens (tertiary/aromatic N) is 1. The molecule has 0 saturated carbocycles. The third kappa shape index (κ3) is 6.64. The maximum Gasteiger partial charge on any atom is 0.237 e. The zero-order valence-corrected chi connectivity index (χ0v) is 14.1. The second-order valence-corrected chi connectivity index (χ2v) is 5.74. The number of halogens is 1. The zero-order chi connectivity index (χ0) is 15.0. The quantitative estimate of drug-likeness (QED) is 0.639. The van der Waals surface area contributed by atoms with Crippen LogP contribution in [-0.2, 0) is 4.79 Å². The fourth-order valence-corrected chi connectivity index (χ4v) is 2.70. The Kier molecular flexibility index (Phi) is 10.4. The van der Waals surface area contributed by atoms with Crippen LogP contribution in [0.1, 0.15) is 26.7 Å². The molecule has 0 aromatic heterocycles. The molecule has 0 aromatic carbocycles. The summed E-state index contributed by atoms with van der Waals surface area (Å²) in [6, 6.07) is 0.298. The predicted molar refractivity (Wildman–Crippen MR) is 91.9 cm³/mol. The first-order valence-corrected chi connectivity index (χ1v) is 7.57. The number of amides is 1. The van der Waals surface area contributed by atoms with E-state index in [2.05, 4.69) is 42.5 Å². The molecule has 1 unspecified atom stereocenters. The van der Waals surface area contributed by atoms with Gasteiger partial charge in [-0.05, 0) is 25.3 Å². The van der Waals surface area contributed by atoms with E-state index >= 15 is 0 Å². The van der Waals surface area contributed by atoms with E-state index in [0.29, 0.717) is 18.5 Å². The maximum atomic E-state index is 12.1. The third-order valence-electron chi connectivity index (χ3n) is 3.83. The lowest BCUT2D eigenvalue weighted by molar-refractivity contribution is -0.123. The fourth-order valence-electron chi connectivity index (χ4n) is 2.70. The largest absolute Gasteiger partial charge is 0.353 e. The minimum absolute atomic E-state index is 0. The highest BCUT2D eigenvalue weighted by molar-refractivity contribution is 5.85. The Bertz CT molecular complexity index is 317. The van der Waals surface area contributed by atoms with Crippen molar-refractivity contribution in [1.29, 1.82) is 0 Å². The normalized spacial score (nSPS) is 19.1. The van der Waals surface area contributed by atoms with Crippen LogP contribution < -0.4 is 10.6 Å². The van der Waals surface area contributed by atoms with Gasteiger partial charge in [-0.2, -0.15) is 0 Å². The SMILES string of the molecule is C=CCN(CC=C)C(CNC(=O)[C@@H]1CCCN1)C(C)C.Cl. The lowest BCUT2D eigenvalue weighted by Crippen LogP contribution is -2.50. The maximum absolute atomic E-state index is 12.1. The monoisotopic (exact) mass is 315 g/mol. The van der Waals surface area contributed by atoms with Crippen LogP contribution in [0.25, 0.3) is 0 Å². The summed E-state index contributed by atoms with van der Waals surface area (Å²) in [6.45, 7) is 15.2. The number of rotatable bonds is 9. The summed E-state index contributed by atoms with van der Waals surface area (Å²) in [4.78, 5) is 14.4. The molecular weight excluding hydrogens is 286 g/mol. The van der Waals surface area contributed by atoms with Gasteiger partial charge >= 0.3 is 0 Å². The fraction of sp³-hybridized carbons (Fsp3) is 0.688. The van der Waals surface area contributed by atoms with E-state index in [0.717, 1.165) is 32.5 Å². The van der Waals surface area contributed by atoms with Gasteiger partial charge < -0.3 is 10.6 Å². The second-order valence-electron chi connectivity index (χ2n) is 5.74. The van der Waals surface area contributed by atoms with E-state index < -0.39 is 0 Å². The summed E-state index contributed by atoms with van der Waals surface area (Å²) < 4.78 is 0. The Hall–Kier alpha value is -0.840. The van der Waals surface area contributed by atoms with Crippen LogP contribution in [0.15, 0.2) is 25.3 Å². The summed E-state index contributed by atoms with van der Waals surface area (Å²) in [5.41, 5.74) is 0. The van der Waals surface area contributed by atoms with Gasteiger partial charge in [-0.25, -0.2) is 0 Å². The van der Waals surface area contributed by atoms with Crippen LogP contribution in [0.3, 0.4) is 0 Å². The minimum atomic E-state index is -0.00456. The van der Waals surface area contributed by atoms with Gasteiger partial charge in [0.15, 0.2) is 0 Å². The molecule has 5 heteroatoms. The molecule has 1 aliphatic heterocycles. The Morgan fingerprint density at radius 3 is 2.43 bits per heavy atom. The third-order valence-corrected chi connectivity index (χ3v) is 3.83. The minimum Gasteiger partial charge on any atom is -0.353 e. The number of carbonyl (C=O) groups is 1. The molecule has 0 aromatic rings. The molecule has 2 atom stereocenters. The van der Waals surface area contributed by atoms with Gasteiger partial charge in [0.25, 0.3) is 0 Å². The highest BCUT2D eigenvalue weighted by Gasteiger charge is 2.25. The zero-order valence-electron chi connectivity index (χ0n) is 13.3. The van der Waals surface area contributed by atoms with Crippen molar-refractivity contribution in [3.8, 4) is 0 Å². The van der Waals surface area contributed by atoms with Crippen molar-refractivity contribution in [3.63, 3.8) is 0 Å². The second kappa shape index (κ2) is 10.8. The number of hydrogen-bond acceptors (Lipinski definition) is 3. The van der Waals surface area contributed by atoms with Crippen molar-refractivity contribution < 1.29 is 4.79 Å². The lowest BCUT2D eigenvalue weighted by atomic mass is 10.0. The summed E-state index contributed by atoms with van der Waals surface area (Å²) >= 11 is 0. The van der Waals surface area contributed by atoms with Crippen molar-refractivity contribution in [2.24, 2.45) is 5.92 Å². The van der Waals surface area contributed by atoms with Gasteiger partial charge in [-0.15, -0.1) is 25.6 Å². The smallest absolute Gasteiger partial charge is 0.237 e. The van der Waals surface area contributed by atoms with Gasteiger partial charge in [0.1, 0.15) is 0 Å². The molecule has 0 radical (unpaired) electrons. The molecule has 4 nitrogen and oxygen atoms in total. The first-order valence-electron chi connectivity index (χ1n) is 7.57. The molecule has 0 bridgehead atoms. The van der Waals surface area contributed by atoms with Gasteiger partial charge in [0, 0.05) is 25.7 Å². The van der Waals surface area contributed by atoms with E-state index in [1.807, 2.05) is 12.2 Å². The van der Waals surface area contributed by atoms with E-state index in [1.165, 1.54) is 0 Å². The van der Waals surface area contributed by atoms with Crippen molar-refractivity contribution >= 4 is 18.3 Å². The predicted octanol–water partition coefficient (Wildman–Crippen LogP) is 1.97. The van der Waals surface area contributed by atoms with Crippen LogP contribution in [0.5, 0.6) is 0 Å². The highest BCUT2D eigenvalue weighted by atomic mass is 35.5. The molecule has 1 rings (SSSR count). The molecule has 1 heterocycles. The van der Waals surface area contributed by atoms with Crippen molar-refractivity contribution in [3.05, 3.63) is 25.3 Å². The molecule has 0 spiro atoms. The molecule has 1 amide bonds. The highest BCUT2D eigenvalue weighted by Crippen LogP contribution is 2.11. The molecule has 122 valence electrons. The van der Waals surface area contributed by atoms with E-state index in [1.54, 1.807) is 0 Å². The number of carbonyl (C=O) groups excluding carboxylic acids is 1. The van der Waals surface area contributed by atoms with E-state index in [9.17, 15) is 4.79 Å². The Morgan fingerprint density at radius 1 is 1.38 bits per heavy atom. The molecule has 21 heavy (non-hydrogen) atoms. The topological polar surface area (TPSA) is 44.4 Å². The molecule has 1 fully saturated rings. The Morgan fingerprint density at radius 2 is 2.00 bits per heavy atom. The molecular formula is C16H30ClN3O. The van der Waals surface area contributed by atoms with Crippen molar-refractivity contribution in [2.75, 3.05) is 26.2 Å². The van der Waals surface area contributed by atoms with Crippen molar-refractivity contribution in [2.45, 2.75) is 38.8 Å². The molecule has 1 aliphatic rings. The Balaban J connectivity index is 0.00000400. The van der Waals surface area contributed by atoms with Gasteiger partial charge in [-0.1, -0.05) is 26.0 Å². The standard InChI is InChI=1S/C16H29N3O.ClH/c1-5-10-19(11-6-2)15(13(3)4)12-18-16(20)14-8-7-9-17-14;/h5-6,13-15,17H,1-2,7-12H2,3-4H3,(H,18,20);1H/t14-,15?;/m0./s1. The first kappa shape index (κ1) is 20.2. The first-order chi connectivity index (χ1) is 9.60. The van der Waals surface area contributed by atoms with E-state index in [4.69, 9.17) is 0 Å². The average Bonchev–Trinajstić information content (AvgIpc) is 2.92. The van der Waals surface area contributed by atoms with E-state index in [-0.39, 0.29) is 24.4 Å². The van der Waals surface area contributed by atoms with Crippen molar-refractivity contribution in [1.82, 2.24) is 15.5 Å². The Labute approximate surface area is 135 Å². The van der Waals surface area contributed by atoms with Gasteiger partial charge in [0.2, 0.25) is 5.91 Å². The summed E-state index contributed by atoms with van der Waals surface area (Å²) in [7, 11) is 0. The van der Waals surface area contributed by atoms with Crippen LogP contribution in [-0.4, -0.2) is 49.1 Å². The van der Waals surface area contributed by atoms with Crippen LogP contribution in [0.4, 0.5) is 0 Å². The average molecular weight is 316 g/mol. The molecule has 1 saturated heterocycles. The van der Waals surface area contributed by atoms with Crippen LogP contribution in [0, 0.1) is 5.92 Å². The number of nitrogens with one attached hydrogen (secondary N) is 2. The summed E-state index contributed by atoms with van der Waals surface area (Å²) in [5, 5.41) is 6.32.